The Morgan fingerprint density at radius 2 is 1.88 bits per heavy atom. The van der Waals surface area contributed by atoms with E-state index in [4.69, 9.17) is 4.74 Å². The normalized spacial score (nSPS) is 11.8. The quantitative estimate of drug-likeness (QED) is 0.456. The zero-order valence-corrected chi connectivity index (χ0v) is 14.3. The van der Waals surface area contributed by atoms with E-state index in [0.717, 1.165) is 4.57 Å². The molecule has 10 heteroatoms. The summed E-state index contributed by atoms with van der Waals surface area (Å²) in [5.41, 5.74) is 2.85. The number of nitrogens with one attached hydrogen (secondary N) is 1. The van der Waals surface area contributed by atoms with Gasteiger partial charge in [0.1, 0.15) is 0 Å². The van der Waals surface area contributed by atoms with Crippen molar-refractivity contribution in [2.75, 3.05) is 12.0 Å². The van der Waals surface area contributed by atoms with E-state index in [1.807, 2.05) is 0 Å². The SMILES string of the molecule is CCOC(=O)CC(C)=NNc1nc2c(c(=O)n(C)c(=O)n2C)n1C. The maximum atomic E-state index is 12.3. The Bertz CT molecular complexity index is 933. The van der Waals surface area contributed by atoms with Gasteiger partial charge in [-0.2, -0.15) is 10.1 Å². The number of hydrogen-bond donors (Lipinski definition) is 1. The summed E-state index contributed by atoms with van der Waals surface area (Å²) in [6, 6.07) is 0. The highest BCUT2D eigenvalue weighted by Gasteiger charge is 2.16. The number of aryl methyl sites for hydroxylation is 2. The molecule has 0 aromatic carbocycles. The van der Waals surface area contributed by atoms with E-state index in [9.17, 15) is 14.4 Å². The van der Waals surface area contributed by atoms with Crippen LogP contribution in [0.1, 0.15) is 20.3 Å². The van der Waals surface area contributed by atoms with Crippen LogP contribution in [0.25, 0.3) is 11.2 Å². The van der Waals surface area contributed by atoms with Crippen LogP contribution in [-0.4, -0.2) is 37.0 Å². The molecule has 0 radical (unpaired) electrons. The summed E-state index contributed by atoms with van der Waals surface area (Å²) in [5, 5.41) is 4.06. The van der Waals surface area contributed by atoms with Crippen molar-refractivity contribution in [2.45, 2.75) is 20.3 Å². The maximum Gasteiger partial charge on any atom is 0.332 e. The first-order valence-electron chi connectivity index (χ1n) is 7.35. The van der Waals surface area contributed by atoms with Gasteiger partial charge >= 0.3 is 11.7 Å². The predicted molar refractivity (Wildman–Crippen MR) is 89.2 cm³/mol. The summed E-state index contributed by atoms with van der Waals surface area (Å²) in [7, 11) is 4.59. The number of aromatic nitrogens is 4. The average molecular weight is 336 g/mol. The Labute approximate surface area is 137 Å². The number of carbonyl (C=O) groups excluding carboxylic acids is 1. The summed E-state index contributed by atoms with van der Waals surface area (Å²) in [5.74, 6) is -0.0895. The molecule has 2 heterocycles. The average Bonchev–Trinajstić information content (AvgIpc) is 2.86. The molecule has 0 spiro atoms. The highest BCUT2D eigenvalue weighted by atomic mass is 16.5. The summed E-state index contributed by atoms with van der Waals surface area (Å²) in [4.78, 5) is 39.8. The second-order valence-electron chi connectivity index (χ2n) is 5.31. The van der Waals surface area contributed by atoms with Gasteiger partial charge in [-0.1, -0.05) is 0 Å². The zero-order valence-electron chi connectivity index (χ0n) is 14.3. The van der Waals surface area contributed by atoms with Crippen LogP contribution < -0.4 is 16.7 Å². The van der Waals surface area contributed by atoms with E-state index >= 15 is 0 Å². The predicted octanol–water partition coefficient (Wildman–Crippen LogP) is -0.288. The standard InChI is InChI=1S/C14H20N6O4/c1-6-24-9(21)7-8(2)16-17-13-15-11-10(18(13)3)12(22)20(5)14(23)19(11)4/h6-7H2,1-5H3,(H,15,17). The minimum absolute atomic E-state index is 0.0467. The summed E-state index contributed by atoms with van der Waals surface area (Å²) < 4.78 is 8.66. The first-order chi connectivity index (χ1) is 11.3. The molecule has 2 rings (SSSR count). The second-order valence-corrected chi connectivity index (χ2v) is 5.31. The molecule has 10 nitrogen and oxygen atoms in total. The lowest BCUT2D eigenvalue weighted by molar-refractivity contribution is -0.141. The van der Waals surface area contributed by atoms with Crippen molar-refractivity contribution < 1.29 is 9.53 Å². The van der Waals surface area contributed by atoms with Gasteiger partial charge in [0.05, 0.1) is 13.0 Å². The van der Waals surface area contributed by atoms with E-state index < -0.39 is 11.2 Å². The topological polar surface area (TPSA) is 113 Å². The van der Waals surface area contributed by atoms with Gasteiger partial charge in [0.15, 0.2) is 11.2 Å². The number of hydrogen-bond acceptors (Lipinski definition) is 7. The molecule has 2 aromatic rings. The molecular formula is C14H20N6O4. The Kier molecular flexibility index (Phi) is 4.86. The molecule has 0 saturated carbocycles. The van der Waals surface area contributed by atoms with Gasteiger partial charge in [0, 0.05) is 26.9 Å². The molecule has 0 aliphatic rings. The van der Waals surface area contributed by atoms with Crippen molar-refractivity contribution >= 4 is 28.8 Å². The van der Waals surface area contributed by atoms with Crippen LogP contribution in [-0.2, 0) is 30.7 Å². The molecule has 0 bridgehead atoms. The monoisotopic (exact) mass is 336 g/mol. The van der Waals surface area contributed by atoms with Crippen LogP contribution in [0.4, 0.5) is 5.95 Å². The third kappa shape index (κ3) is 3.07. The lowest BCUT2D eigenvalue weighted by atomic mass is 10.3. The van der Waals surface area contributed by atoms with Crippen LogP contribution in [0.3, 0.4) is 0 Å². The van der Waals surface area contributed by atoms with Gasteiger partial charge in [-0.3, -0.25) is 18.7 Å². The number of imidazole rings is 1. The molecule has 24 heavy (non-hydrogen) atoms. The minimum Gasteiger partial charge on any atom is -0.466 e. The number of carbonyl (C=O) groups is 1. The largest absolute Gasteiger partial charge is 0.466 e. The highest BCUT2D eigenvalue weighted by molar-refractivity contribution is 5.97. The van der Waals surface area contributed by atoms with Crippen LogP contribution in [0.5, 0.6) is 0 Å². The van der Waals surface area contributed by atoms with Gasteiger partial charge in [-0.05, 0) is 13.8 Å². The molecule has 0 aliphatic heterocycles. The Hall–Kier alpha value is -2.91. The Morgan fingerprint density at radius 1 is 1.21 bits per heavy atom. The molecule has 130 valence electrons. The van der Waals surface area contributed by atoms with E-state index in [0.29, 0.717) is 12.3 Å². The lowest BCUT2D eigenvalue weighted by Crippen LogP contribution is -2.37. The summed E-state index contributed by atoms with van der Waals surface area (Å²) >= 11 is 0. The van der Waals surface area contributed by atoms with Gasteiger partial charge in [-0.25, -0.2) is 10.2 Å². The van der Waals surface area contributed by atoms with Crippen LogP contribution in [0, 0.1) is 0 Å². The molecule has 0 saturated heterocycles. The Balaban J connectivity index is 2.38. The number of hydrazone groups is 1. The highest BCUT2D eigenvalue weighted by Crippen LogP contribution is 2.13. The number of fused-ring (bicyclic) bond motifs is 1. The number of nitrogens with zero attached hydrogens (tertiary/aromatic N) is 5. The third-order valence-corrected chi connectivity index (χ3v) is 3.53. The molecule has 0 fully saturated rings. The number of rotatable bonds is 5. The van der Waals surface area contributed by atoms with Crippen molar-refractivity contribution in [3.63, 3.8) is 0 Å². The van der Waals surface area contributed by atoms with E-state index in [2.05, 4.69) is 15.5 Å². The van der Waals surface area contributed by atoms with E-state index in [1.165, 1.54) is 23.2 Å². The molecule has 2 aromatic heterocycles. The Morgan fingerprint density at radius 3 is 2.50 bits per heavy atom. The maximum absolute atomic E-state index is 12.3. The van der Waals surface area contributed by atoms with Gasteiger partial charge < -0.3 is 9.30 Å². The van der Waals surface area contributed by atoms with Crippen molar-refractivity contribution in [3.05, 3.63) is 20.8 Å². The van der Waals surface area contributed by atoms with Crippen LogP contribution in [0.2, 0.25) is 0 Å². The molecule has 0 aliphatic carbocycles. The fraction of sp³-hybridized carbons (Fsp3) is 0.500. The lowest BCUT2D eigenvalue weighted by Gasteiger charge is -2.04. The first kappa shape index (κ1) is 17.4. The van der Waals surface area contributed by atoms with Crippen molar-refractivity contribution in [2.24, 2.45) is 26.2 Å². The summed E-state index contributed by atoms with van der Waals surface area (Å²) in [6.45, 7) is 3.70. The van der Waals surface area contributed by atoms with E-state index in [-0.39, 0.29) is 29.5 Å². The minimum atomic E-state index is -0.459. The van der Waals surface area contributed by atoms with Gasteiger partial charge in [0.2, 0.25) is 5.95 Å². The van der Waals surface area contributed by atoms with Crippen molar-refractivity contribution in [1.82, 2.24) is 18.7 Å². The second kappa shape index (κ2) is 6.69. The molecular weight excluding hydrogens is 316 g/mol. The van der Waals surface area contributed by atoms with Gasteiger partial charge in [0.25, 0.3) is 5.56 Å². The zero-order chi connectivity index (χ0) is 18.0. The number of ether oxygens (including phenoxy) is 1. The van der Waals surface area contributed by atoms with Crippen molar-refractivity contribution in [1.29, 1.82) is 0 Å². The van der Waals surface area contributed by atoms with Crippen molar-refractivity contribution in [3.8, 4) is 0 Å². The summed E-state index contributed by atoms with van der Waals surface area (Å²) in [6.07, 6.45) is 0.0467. The molecule has 0 unspecified atom stereocenters. The van der Waals surface area contributed by atoms with Crippen LogP contribution in [0.15, 0.2) is 14.7 Å². The van der Waals surface area contributed by atoms with E-state index in [1.54, 1.807) is 20.9 Å². The third-order valence-electron chi connectivity index (χ3n) is 3.53. The molecule has 1 N–H and O–H groups in total. The van der Waals surface area contributed by atoms with Gasteiger partial charge in [-0.15, -0.1) is 0 Å². The molecule has 0 atom stereocenters. The first-order valence-corrected chi connectivity index (χ1v) is 7.35. The fourth-order valence-electron chi connectivity index (χ4n) is 2.22. The fourth-order valence-corrected chi connectivity index (χ4v) is 2.22. The number of esters is 1. The number of anilines is 1. The molecule has 0 amide bonds. The smallest absolute Gasteiger partial charge is 0.332 e. The van der Waals surface area contributed by atoms with Crippen LogP contribution >= 0.6 is 0 Å².